The maximum Gasteiger partial charge on any atom is 0.273 e. The third-order valence-corrected chi connectivity index (χ3v) is 3.83. The molecule has 0 radical (unpaired) electrons. The Labute approximate surface area is 118 Å². The van der Waals surface area contributed by atoms with E-state index in [1.165, 1.54) is 0 Å². The van der Waals surface area contributed by atoms with Crippen molar-refractivity contribution in [2.24, 2.45) is 0 Å². The summed E-state index contributed by atoms with van der Waals surface area (Å²) < 4.78 is 0. The van der Waals surface area contributed by atoms with Gasteiger partial charge < -0.3 is 10.6 Å². The summed E-state index contributed by atoms with van der Waals surface area (Å²) in [4.78, 5) is 10.5. The van der Waals surface area contributed by atoms with Crippen LogP contribution in [0.15, 0.2) is 18.2 Å². The van der Waals surface area contributed by atoms with Crippen molar-refractivity contribution < 1.29 is 4.92 Å². The molecule has 1 rings (SSSR count). The van der Waals surface area contributed by atoms with E-state index in [1.54, 1.807) is 12.1 Å². The van der Waals surface area contributed by atoms with E-state index in [0.29, 0.717) is 5.25 Å². The van der Waals surface area contributed by atoms with Gasteiger partial charge in [0.1, 0.15) is 0 Å². The van der Waals surface area contributed by atoms with Crippen molar-refractivity contribution in [3.63, 3.8) is 0 Å². The van der Waals surface area contributed by atoms with Crippen LogP contribution >= 0.6 is 11.8 Å². The van der Waals surface area contributed by atoms with Crippen LogP contribution in [-0.4, -0.2) is 29.5 Å². The number of thioether (sulfide) groups is 1. The Balaban J connectivity index is 2.73. The van der Waals surface area contributed by atoms with Crippen molar-refractivity contribution >= 4 is 28.8 Å². The minimum atomic E-state index is -0.365. The molecule has 6 heteroatoms. The molecule has 106 valence electrons. The number of anilines is 2. The van der Waals surface area contributed by atoms with Crippen LogP contribution in [0.3, 0.4) is 0 Å². The summed E-state index contributed by atoms with van der Waals surface area (Å²) in [5.41, 5.74) is 1.68. The predicted octanol–water partition coefficient (Wildman–Crippen LogP) is 3.58. The lowest BCUT2D eigenvalue weighted by atomic mass is 10.2. The highest BCUT2D eigenvalue weighted by Gasteiger charge is 2.09. The molecule has 2 N–H and O–H groups in total. The van der Waals surface area contributed by atoms with Crippen molar-refractivity contribution in [1.82, 2.24) is 0 Å². The second-order valence-electron chi connectivity index (χ2n) is 4.32. The van der Waals surface area contributed by atoms with Gasteiger partial charge in [0, 0.05) is 41.8 Å². The molecule has 1 unspecified atom stereocenters. The summed E-state index contributed by atoms with van der Waals surface area (Å²) in [5.74, 6) is 0. The normalized spacial score (nSPS) is 11.9. The van der Waals surface area contributed by atoms with Gasteiger partial charge in [0.25, 0.3) is 5.69 Å². The number of hydrogen-bond acceptors (Lipinski definition) is 5. The van der Waals surface area contributed by atoms with Gasteiger partial charge in [-0.2, -0.15) is 11.8 Å². The molecule has 0 heterocycles. The number of nitrogens with one attached hydrogen (secondary N) is 2. The van der Waals surface area contributed by atoms with Crippen molar-refractivity contribution in [3.8, 4) is 0 Å². The SMILES string of the molecule is CCNc1cc(NCCC(C)SC)cc([N+](=O)[O-])c1. The zero-order valence-corrected chi connectivity index (χ0v) is 12.4. The molecule has 5 nitrogen and oxygen atoms in total. The Bertz CT molecular complexity index is 426. The molecule has 0 saturated carbocycles. The van der Waals surface area contributed by atoms with Crippen LogP contribution in [0.2, 0.25) is 0 Å². The summed E-state index contributed by atoms with van der Waals surface area (Å²) in [7, 11) is 0. The van der Waals surface area contributed by atoms with Gasteiger partial charge >= 0.3 is 0 Å². The van der Waals surface area contributed by atoms with E-state index in [4.69, 9.17) is 0 Å². The minimum Gasteiger partial charge on any atom is -0.385 e. The maximum atomic E-state index is 10.9. The van der Waals surface area contributed by atoms with Crippen molar-refractivity contribution in [3.05, 3.63) is 28.3 Å². The van der Waals surface area contributed by atoms with Crippen LogP contribution in [0, 0.1) is 10.1 Å². The first-order chi connectivity index (χ1) is 9.06. The average molecular weight is 283 g/mol. The molecule has 1 atom stereocenters. The van der Waals surface area contributed by atoms with Gasteiger partial charge in [-0.25, -0.2) is 0 Å². The molecule has 0 aliphatic rings. The number of nitro groups is 1. The van der Waals surface area contributed by atoms with Gasteiger partial charge in [-0.1, -0.05) is 6.92 Å². The van der Waals surface area contributed by atoms with Crippen LogP contribution in [0.4, 0.5) is 17.1 Å². The van der Waals surface area contributed by atoms with Gasteiger partial charge in [-0.15, -0.1) is 0 Å². The summed E-state index contributed by atoms with van der Waals surface area (Å²) >= 11 is 1.82. The minimum absolute atomic E-state index is 0.110. The van der Waals surface area contributed by atoms with Crippen LogP contribution < -0.4 is 10.6 Å². The summed E-state index contributed by atoms with van der Waals surface area (Å²) in [6, 6.07) is 5.03. The standard InChI is InChI=1S/C13H21N3O2S/c1-4-14-11-7-12(9-13(8-11)16(17)18)15-6-5-10(2)19-3/h7-10,14-15H,4-6H2,1-3H3. The molecule has 0 spiro atoms. The Hall–Kier alpha value is -1.43. The van der Waals surface area contributed by atoms with E-state index in [0.717, 1.165) is 30.9 Å². The molecule has 0 bridgehead atoms. The molecule has 0 saturated heterocycles. The lowest BCUT2D eigenvalue weighted by Gasteiger charge is -2.11. The van der Waals surface area contributed by atoms with Crippen molar-refractivity contribution in [2.45, 2.75) is 25.5 Å². The fraction of sp³-hybridized carbons (Fsp3) is 0.538. The molecule has 0 aliphatic carbocycles. The molecular weight excluding hydrogens is 262 g/mol. The number of nitrogens with zero attached hydrogens (tertiary/aromatic N) is 1. The quantitative estimate of drug-likeness (QED) is 0.564. The lowest BCUT2D eigenvalue weighted by molar-refractivity contribution is -0.384. The van der Waals surface area contributed by atoms with Crippen LogP contribution in [0.1, 0.15) is 20.3 Å². The van der Waals surface area contributed by atoms with E-state index < -0.39 is 0 Å². The van der Waals surface area contributed by atoms with E-state index in [-0.39, 0.29) is 10.6 Å². The third kappa shape index (κ3) is 5.38. The summed E-state index contributed by atoms with van der Waals surface area (Å²) in [5, 5.41) is 17.8. The van der Waals surface area contributed by atoms with Crippen molar-refractivity contribution in [2.75, 3.05) is 30.0 Å². The Morgan fingerprint density at radius 1 is 1.32 bits per heavy atom. The molecule has 1 aromatic carbocycles. The van der Waals surface area contributed by atoms with E-state index in [2.05, 4.69) is 23.8 Å². The Morgan fingerprint density at radius 3 is 2.47 bits per heavy atom. The highest BCUT2D eigenvalue weighted by molar-refractivity contribution is 7.99. The highest BCUT2D eigenvalue weighted by atomic mass is 32.2. The first-order valence-corrected chi connectivity index (χ1v) is 7.65. The second kappa shape index (κ2) is 7.89. The highest BCUT2D eigenvalue weighted by Crippen LogP contribution is 2.24. The molecule has 0 amide bonds. The molecule has 1 aromatic rings. The number of hydrogen-bond donors (Lipinski definition) is 2. The molecule has 0 fully saturated rings. The Morgan fingerprint density at radius 2 is 1.95 bits per heavy atom. The van der Waals surface area contributed by atoms with Crippen LogP contribution in [0.25, 0.3) is 0 Å². The van der Waals surface area contributed by atoms with E-state index in [1.807, 2.05) is 24.8 Å². The molecule has 0 aliphatic heterocycles. The van der Waals surface area contributed by atoms with Crippen molar-refractivity contribution in [1.29, 1.82) is 0 Å². The van der Waals surface area contributed by atoms with Gasteiger partial charge in [0.15, 0.2) is 0 Å². The number of benzene rings is 1. The summed E-state index contributed by atoms with van der Waals surface area (Å²) in [6.07, 6.45) is 3.11. The molecule has 19 heavy (non-hydrogen) atoms. The average Bonchev–Trinajstić information content (AvgIpc) is 2.38. The van der Waals surface area contributed by atoms with Gasteiger partial charge in [-0.05, 0) is 25.7 Å². The first kappa shape index (κ1) is 15.6. The first-order valence-electron chi connectivity index (χ1n) is 6.36. The number of rotatable bonds is 8. The van der Waals surface area contributed by atoms with Gasteiger partial charge in [-0.3, -0.25) is 10.1 Å². The zero-order chi connectivity index (χ0) is 14.3. The topological polar surface area (TPSA) is 67.2 Å². The second-order valence-corrected chi connectivity index (χ2v) is 5.59. The molecular formula is C13H21N3O2S. The fourth-order valence-corrected chi connectivity index (χ4v) is 2.02. The zero-order valence-electron chi connectivity index (χ0n) is 11.6. The number of nitro benzene ring substituents is 1. The fourth-order valence-electron chi connectivity index (χ4n) is 1.66. The third-order valence-electron chi connectivity index (χ3n) is 2.79. The van der Waals surface area contributed by atoms with Gasteiger partial charge in [0.05, 0.1) is 4.92 Å². The molecule has 0 aromatic heterocycles. The number of non-ortho nitro benzene ring substituents is 1. The van der Waals surface area contributed by atoms with Gasteiger partial charge in [0.2, 0.25) is 0 Å². The largest absolute Gasteiger partial charge is 0.385 e. The van der Waals surface area contributed by atoms with E-state index >= 15 is 0 Å². The Kier molecular flexibility index (Phi) is 6.49. The summed E-state index contributed by atoms with van der Waals surface area (Å²) in [6.45, 7) is 5.69. The monoisotopic (exact) mass is 283 g/mol. The van der Waals surface area contributed by atoms with E-state index in [9.17, 15) is 10.1 Å². The van der Waals surface area contributed by atoms with Crippen LogP contribution in [0.5, 0.6) is 0 Å². The maximum absolute atomic E-state index is 10.9. The lowest BCUT2D eigenvalue weighted by Crippen LogP contribution is -2.08. The smallest absolute Gasteiger partial charge is 0.273 e. The van der Waals surface area contributed by atoms with Crippen LogP contribution in [-0.2, 0) is 0 Å². The predicted molar refractivity (Wildman–Crippen MR) is 83.3 cm³/mol.